The van der Waals surface area contributed by atoms with Crippen LogP contribution in [-0.2, 0) is 19.1 Å². The highest BCUT2D eigenvalue weighted by Gasteiger charge is 2.51. The van der Waals surface area contributed by atoms with E-state index in [9.17, 15) is 9.59 Å². The lowest BCUT2D eigenvalue weighted by Gasteiger charge is -2.24. The monoisotopic (exact) mass is 362 g/mol. The summed E-state index contributed by atoms with van der Waals surface area (Å²) in [6.07, 6.45) is 5.59. The summed E-state index contributed by atoms with van der Waals surface area (Å²) >= 11 is 6.16. The SMILES string of the molecule is C=CCOC(=O)C(Cl)(Oc1cccc2nccnc12)C(=O)OCC=C. The predicted octanol–water partition coefficient (Wildman–Crippen LogP) is 2.40. The third-order valence-electron chi connectivity index (χ3n) is 2.90. The van der Waals surface area contributed by atoms with Gasteiger partial charge in [-0.3, -0.25) is 4.98 Å². The van der Waals surface area contributed by atoms with Crippen molar-refractivity contribution < 1.29 is 23.8 Å². The number of halogens is 1. The molecule has 0 aliphatic rings. The summed E-state index contributed by atoms with van der Waals surface area (Å²) in [6, 6.07) is 4.81. The number of benzene rings is 1. The average Bonchev–Trinajstić information content (AvgIpc) is 2.64. The normalized spacial score (nSPS) is 10.8. The van der Waals surface area contributed by atoms with Gasteiger partial charge in [-0.05, 0) is 12.1 Å². The Morgan fingerprint density at radius 2 is 1.68 bits per heavy atom. The Morgan fingerprint density at radius 1 is 1.08 bits per heavy atom. The number of alkyl halides is 1. The van der Waals surface area contributed by atoms with Crippen molar-refractivity contribution in [2.45, 2.75) is 5.06 Å². The summed E-state index contributed by atoms with van der Waals surface area (Å²) in [4.78, 5) is 32.8. The molecule has 0 aliphatic carbocycles. The molecule has 0 unspecified atom stereocenters. The van der Waals surface area contributed by atoms with Gasteiger partial charge in [0.2, 0.25) is 0 Å². The van der Waals surface area contributed by atoms with Crippen LogP contribution in [0.1, 0.15) is 0 Å². The summed E-state index contributed by atoms with van der Waals surface area (Å²) in [6.45, 7) is 6.55. The number of nitrogens with zero attached hydrogens (tertiary/aromatic N) is 2. The minimum Gasteiger partial charge on any atom is -0.457 e. The lowest BCUT2D eigenvalue weighted by atomic mass is 10.2. The zero-order valence-corrected chi connectivity index (χ0v) is 13.9. The number of hydrogen-bond donors (Lipinski definition) is 0. The maximum absolute atomic E-state index is 12.3. The minimum atomic E-state index is -2.54. The molecule has 130 valence electrons. The highest BCUT2D eigenvalue weighted by molar-refractivity contribution is 6.43. The Balaban J connectivity index is 2.40. The minimum absolute atomic E-state index is 0.0757. The standard InChI is InChI=1S/C17H15ClN2O5/c1-3-10-23-15(21)17(18,16(22)24-11-4-2)25-13-7-5-6-12-14(13)20-9-8-19-12/h3-9H,1-2,10-11H2. The van der Waals surface area contributed by atoms with E-state index >= 15 is 0 Å². The van der Waals surface area contributed by atoms with Crippen LogP contribution in [0, 0.1) is 0 Å². The number of rotatable bonds is 8. The summed E-state index contributed by atoms with van der Waals surface area (Å²) in [5.74, 6) is -2.19. The molecule has 0 radical (unpaired) electrons. The van der Waals surface area contributed by atoms with Crippen molar-refractivity contribution in [1.29, 1.82) is 0 Å². The molecule has 1 heterocycles. The van der Waals surface area contributed by atoms with Crippen LogP contribution in [0.25, 0.3) is 11.0 Å². The van der Waals surface area contributed by atoms with Gasteiger partial charge in [0.05, 0.1) is 5.52 Å². The van der Waals surface area contributed by atoms with Crippen LogP contribution in [-0.4, -0.2) is 40.2 Å². The topological polar surface area (TPSA) is 87.6 Å². The Bertz CT molecular complexity index is 779. The number of para-hydroxylation sites is 1. The molecule has 0 aliphatic heterocycles. The zero-order valence-electron chi connectivity index (χ0n) is 13.2. The number of ether oxygens (including phenoxy) is 3. The highest BCUT2D eigenvalue weighted by Crippen LogP contribution is 2.30. The van der Waals surface area contributed by atoms with Gasteiger partial charge in [-0.15, -0.1) is 0 Å². The summed E-state index contributed by atoms with van der Waals surface area (Å²) in [5.41, 5.74) is 0.820. The molecular formula is C17H15ClN2O5. The van der Waals surface area contributed by atoms with Crippen LogP contribution in [0.3, 0.4) is 0 Å². The van der Waals surface area contributed by atoms with Gasteiger partial charge in [-0.2, -0.15) is 0 Å². The second kappa shape index (κ2) is 8.25. The Morgan fingerprint density at radius 3 is 2.28 bits per heavy atom. The fraction of sp³-hybridized carbons (Fsp3) is 0.176. The molecule has 2 aromatic rings. The smallest absolute Gasteiger partial charge is 0.379 e. The first-order valence-electron chi connectivity index (χ1n) is 7.17. The third kappa shape index (κ3) is 4.13. The van der Waals surface area contributed by atoms with Gasteiger partial charge < -0.3 is 14.2 Å². The van der Waals surface area contributed by atoms with Crippen LogP contribution >= 0.6 is 11.6 Å². The predicted molar refractivity (Wildman–Crippen MR) is 91.1 cm³/mol. The second-order valence-corrected chi connectivity index (χ2v) is 5.18. The molecule has 0 fully saturated rings. The molecule has 0 saturated carbocycles. The van der Waals surface area contributed by atoms with Crippen molar-refractivity contribution in [3.63, 3.8) is 0 Å². The van der Waals surface area contributed by atoms with Crippen molar-refractivity contribution in [2.24, 2.45) is 0 Å². The molecule has 0 spiro atoms. The van der Waals surface area contributed by atoms with E-state index in [-0.39, 0.29) is 19.0 Å². The van der Waals surface area contributed by atoms with E-state index in [0.29, 0.717) is 11.0 Å². The highest BCUT2D eigenvalue weighted by atomic mass is 35.5. The first-order chi connectivity index (χ1) is 12.0. The lowest BCUT2D eigenvalue weighted by Crippen LogP contribution is -2.49. The average molecular weight is 363 g/mol. The van der Waals surface area contributed by atoms with E-state index in [1.807, 2.05) is 0 Å². The Labute approximate surface area is 148 Å². The maximum atomic E-state index is 12.3. The van der Waals surface area contributed by atoms with Gasteiger partial charge >= 0.3 is 17.0 Å². The summed E-state index contributed by atoms with van der Waals surface area (Å²) in [5, 5.41) is -2.54. The van der Waals surface area contributed by atoms with Gasteiger partial charge in [0.1, 0.15) is 18.7 Å². The van der Waals surface area contributed by atoms with E-state index in [0.717, 1.165) is 0 Å². The van der Waals surface area contributed by atoms with Gasteiger partial charge in [0.25, 0.3) is 0 Å². The maximum Gasteiger partial charge on any atom is 0.379 e. The zero-order chi connectivity index (χ0) is 18.3. The number of carbonyl (C=O) groups excluding carboxylic acids is 2. The van der Waals surface area contributed by atoms with Crippen molar-refractivity contribution in [1.82, 2.24) is 9.97 Å². The second-order valence-electron chi connectivity index (χ2n) is 4.65. The number of hydrogen-bond acceptors (Lipinski definition) is 7. The van der Waals surface area contributed by atoms with Gasteiger partial charge in [0, 0.05) is 12.4 Å². The van der Waals surface area contributed by atoms with Crippen LogP contribution in [0.4, 0.5) is 0 Å². The molecule has 0 amide bonds. The molecule has 0 atom stereocenters. The molecule has 0 N–H and O–H groups in total. The number of carbonyl (C=O) groups is 2. The van der Waals surface area contributed by atoms with E-state index in [4.69, 9.17) is 25.8 Å². The molecule has 8 heteroatoms. The van der Waals surface area contributed by atoms with Crippen molar-refractivity contribution in [3.8, 4) is 5.75 Å². The summed E-state index contributed by atoms with van der Waals surface area (Å²) < 4.78 is 15.2. The van der Waals surface area contributed by atoms with E-state index in [1.165, 1.54) is 30.6 Å². The molecule has 25 heavy (non-hydrogen) atoms. The number of fused-ring (bicyclic) bond motifs is 1. The van der Waals surface area contributed by atoms with E-state index < -0.39 is 17.0 Å². The van der Waals surface area contributed by atoms with Gasteiger partial charge in [-0.1, -0.05) is 43.0 Å². The number of esters is 2. The van der Waals surface area contributed by atoms with Gasteiger partial charge in [0.15, 0.2) is 5.75 Å². The molecule has 0 saturated heterocycles. The third-order valence-corrected chi connectivity index (χ3v) is 3.29. The van der Waals surface area contributed by atoms with Gasteiger partial charge in [-0.25, -0.2) is 14.6 Å². The van der Waals surface area contributed by atoms with Crippen LogP contribution in [0.2, 0.25) is 0 Å². The molecule has 1 aromatic heterocycles. The molecule has 0 bridgehead atoms. The first-order valence-corrected chi connectivity index (χ1v) is 7.54. The van der Waals surface area contributed by atoms with Crippen molar-refractivity contribution in [3.05, 3.63) is 55.9 Å². The molecule has 1 aromatic carbocycles. The van der Waals surface area contributed by atoms with E-state index in [1.54, 1.807) is 12.1 Å². The lowest BCUT2D eigenvalue weighted by molar-refractivity contribution is -0.169. The molecule has 2 rings (SSSR count). The van der Waals surface area contributed by atoms with Crippen LogP contribution < -0.4 is 4.74 Å². The molecular weight excluding hydrogens is 348 g/mol. The van der Waals surface area contributed by atoms with Crippen molar-refractivity contribution >= 4 is 34.6 Å². The molecule has 7 nitrogen and oxygen atoms in total. The largest absolute Gasteiger partial charge is 0.457 e. The van der Waals surface area contributed by atoms with Crippen LogP contribution in [0.5, 0.6) is 5.75 Å². The van der Waals surface area contributed by atoms with Crippen LogP contribution in [0.15, 0.2) is 55.9 Å². The Kier molecular flexibility index (Phi) is 6.08. The summed E-state index contributed by atoms with van der Waals surface area (Å²) in [7, 11) is 0. The quantitative estimate of drug-likeness (QED) is 0.308. The fourth-order valence-electron chi connectivity index (χ4n) is 1.82. The first kappa shape index (κ1) is 18.4. The van der Waals surface area contributed by atoms with Crippen molar-refractivity contribution in [2.75, 3.05) is 13.2 Å². The number of aromatic nitrogens is 2. The van der Waals surface area contributed by atoms with E-state index in [2.05, 4.69) is 23.1 Å². The fourth-order valence-corrected chi connectivity index (χ4v) is 2.01. The Hall–Kier alpha value is -2.93.